The quantitative estimate of drug-likeness (QED) is 0.0161. The zero-order valence-corrected chi connectivity index (χ0v) is 72.1. The monoisotopic (exact) mass is 1720 g/mol. The molecule has 0 bridgehead atoms. The Hall–Kier alpha value is -12.7. The van der Waals surface area contributed by atoms with Crippen LogP contribution in [0.2, 0.25) is 0 Å². The van der Waals surface area contributed by atoms with E-state index in [0.717, 1.165) is 44.1 Å². The van der Waals surface area contributed by atoms with E-state index in [1.54, 1.807) is 45.6 Å². The molecule has 0 radical (unpaired) electrons. The van der Waals surface area contributed by atoms with E-state index in [0.29, 0.717) is 108 Å². The van der Waals surface area contributed by atoms with Gasteiger partial charge in [0.2, 0.25) is 53.2 Å². The van der Waals surface area contributed by atoms with Crippen molar-refractivity contribution in [2.24, 2.45) is 34.8 Å². The van der Waals surface area contributed by atoms with E-state index in [1.165, 1.54) is 0 Å². The number of carboxylic acid groups (broad SMARTS) is 1. The van der Waals surface area contributed by atoms with Gasteiger partial charge in [-0.3, -0.25) is 43.2 Å². The number of benzene rings is 6. The van der Waals surface area contributed by atoms with E-state index in [1.807, 2.05) is 153 Å². The summed E-state index contributed by atoms with van der Waals surface area (Å²) >= 11 is 0. The second kappa shape index (κ2) is 46.3. The summed E-state index contributed by atoms with van der Waals surface area (Å²) in [6, 6.07) is 31.6. The summed E-state index contributed by atoms with van der Waals surface area (Å²) < 4.78 is 5.92. The zero-order chi connectivity index (χ0) is 89.8. The molecule has 0 aliphatic heterocycles. The fourth-order valence-corrected chi connectivity index (χ4v) is 16.5. The van der Waals surface area contributed by atoms with Crippen LogP contribution in [0.15, 0.2) is 170 Å². The first-order valence-corrected chi connectivity index (χ1v) is 44.1. The number of hydrogen-bond acceptors (Lipinski definition) is 16. The predicted molar refractivity (Wildman–Crippen MR) is 486 cm³/mol. The maximum Gasteiger partial charge on any atom is 0.407 e. The number of nitrogens with one attached hydrogen (secondary N) is 14. The fraction of sp³-hybridized carbons (Fsp3) is 0.421. The van der Waals surface area contributed by atoms with Gasteiger partial charge >= 0.3 is 12.1 Å². The Morgan fingerprint density at radius 2 is 0.595 bits per heavy atom. The van der Waals surface area contributed by atoms with Crippen LogP contribution in [0.25, 0.3) is 54.7 Å². The smallest absolute Gasteiger partial charge is 0.407 e. The number of aromatic nitrogens is 4. The van der Waals surface area contributed by atoms with Crippen molar-refractivity contribution in [3.63, 3.8) is 0 Å². The number of amides is 10. The third-order valence-corrected chi connectivity index (χ3v) is 24.1. The Kier molecular flexibility index (Phi) is 34.5. The number of carbonyl (C=O) groups is 11. The van der Waals surface area contributed by atoms with Crippen molar-refractivity contribution < 1.29 is 62.6 Å². The van der Waals surface area contributed by atoms with E-state index in [-0.39, 0.29) is 90.1 Å². The second-order valence-corrected chi connectivity index (χ2v) is 32.9. The highest BCUT2D eigenvalue weighted by Gasteiger charge is 2.40. The number of carbonyl (C=O) groups excluding carboxylic acids is 10. The molecule has 0 saturated heterocycles. The van der Waals surface area contributed by atoms with E-state index in [4.69, 9.17) is 27.7 Å². The molecule has 126 heavy (non-hydrogen) atoms. The lowest BCUT2D eigenvalue weighted by atomic mass is 9.97. The summed E-state index contributed by atoms with van der Waals surface area (Å²) in [5, 5.41) is 42.0. The maximum atomic E-state index is 15.9. The summed E-state index contributed by atoms with van der Waals surface area (Å²) in [4.78, 5) is 177. The molecule has 4 heterocycles. The minimum Gasteiger partial charge on any atom is -0.480 e. The number of hydrogen-bond donors (Lipinski definition) is 19. The van der Waals surface area contributed by atoms with Gasteiger partial charge in [-0.1, -0.05) is 162 Å². The molecular formula is C95H122N18O13. The summed E-state index contributed by atoms with van der Waals surface area (Å²) in [6.45, 7) is 8.13. The van der Waals surface area contributed by atoms with Crippen LogP contribution in [0.3, 0.4) is 0 Å². The van der Waals surface area contributed by atoms with Crippen LogP contribution in [0, 0.1) is 11.8 Å². The molecule has 1 aliphatic rings. The molecule has 31 nitrogen and oxygen atoms in total. The van der Waals surface area contributed by atoms with Crippen LogP contribution >= 0.6 is 0 Å². The van der Waals surface area contributed by atoms with Crippen molar-refractivity contribution in [2.75, 3.05) is 32.8 Å². The Morgan fingerprint density at radius 3 is 0.897 bits per heavy atom. The Balaban J connectivity index is 0.874. The lowest BCUT2D eigenvalue weighted by Gasteiger charge is -2.29. The SMILES string of the molecule is CC[C@H](C)[C@H](NC(=O)[C@H](CCCCN)NC(=O)[C@H](Cc1c[nH]c2ccccc12)NC(=O)[C@H](CCCCN)NC(=O)[C@H](Cc1c[nH]c2ccccc12)NC(=O)[C@H](Cc1c[nH]c2ccccc12)NC(=O)[C@H](CCCCN)NC(=O)[C@H](Cc1c[nH]c2ccccc12)NC(=O)[C@H](CCCCN)NC(=O)[C@@H](NC(=O)OCC1c2ccccc2-c2ccccc21)[C@@H](C)CC)C(=O)O. The van der Waals surface area contributed by atoms with Gasteiger partial charge in [-0.05, 0) is 184 Å². The minimum atomic E-state index is -1.51. The minimum absolute atomic E-state index is 0.0139. The summed E-state index contributed by atoms with van der Waals surface area (Å²) in [7, 11) is 0. The first-order valence-electron chi connectivity index (χ1n) is 44.1. The van der Waals surface area contributed by atoms with E-state index in [9.17, 15) is 24.3 Å². The van der Waals surface area contributed by atoms with Crippen LogP contribution in [0.1, 0.15) is 157 Å². The zero-order valence-electron chi connectivity index (χ0n) is 72.1. The van der Waals surface area contributed by atoms with Crippen LogP contribution in [-0.4, -0.2) is 183 Å². The van der Waals surface area contributed by atoms with Gasteiger partial charge in [0.1, 0.15) is 67.0 Å². The summed E-state index contributed by atoms with van der Waals surface area (Å²) in [6.07, 6.45) is 9.49. The van der Waals surface area contributed by atoms with E-state index >= 15 is 33.6 Å². The Bertz CT molecular complexity index is 5270. The number of ether oxygens (including phenoxy) is 1. The van der Waals surface area contributed by atoms with Gasteiger partial charge in [0.05, 0.1) is 0 Å². The second-order valence-electron chi connectivity index (χ2n) is 32.9. The van der Waals surface area contributed by atoms with Crippen LogP contribution in [0.5, 0.6) is 0 Å². The summed E-state index contributed by atoms with van der Waals surface area (Å²) in [5.74, 6) is -9.49. The normalized spacial score (nSPS) is 14.7. The number of carboxylic acids is 1. The molecule has 1 aliphatic carbocycles. The molecule has 11 rings (SSSR count). The average Bonchev–Trinajstić information content (AvgIpc) is 1.61. The van der Waals surface area contributed by atoms with Gasteiger partial charge in [-0.2, -0.15) is 0 Å². The van der Waals surface area contributed by atoms with E-state index < -0.39 is 137 Å². The largest absolute Gasteiger partial charge is 0.480 e. The Morgan fingerprint density at radius 1 is 0.333 bits per heavy atom. The molecule has 670 valence electrons. The molecule has 0 unspecified atom stereocenters. The van der Waals surface area contributed by atoms with Gasteiger partial charge in [-0.15, -0.1) is 0 Å². The third kappa shape index (κ3) is 24.7. The number of nitrogens with two attached hydrogens (primary N) is 4. The van der Waals surface area contributed by atoms with Gasteiger partial charge < -0.3 is 106 Å². The van der Waals surface area contributed by atoms with Crippen LogP contribution < -0.4 is 76.1 Å². The number of H-pyrrole nitrogens is 4. The molecule has 12 atom stereocenters. The number of para-hydroxylation sites is 4. The molecule has 4 aromatic heterocycles. The molecule has 23 N–H and O–H groups in total. The lowest BCUT2D eigenvalue weighted by Crippen LogP contribution is -2.61. The average molecular weight is 1720 g/mol. The first-order chi connectivity index (χ1) is 61.0. The van der Waals surface area contributed by atoms with Gasteiger partial charge in [-0.25, -0.2) is 9.59 Å². The Labute approximate surface area is 732 Å². The van der Waals surface area contributed by atoms with Gasteiger partial charge in [0.25, 0.3) is 0 Å². The van der Waals surface area contributed by atoms with Crippen LogP contribution in [0.4, 0.5) is 4.79 Å². The van der Waals surface area contributed by atoms with E-state index in [2.05, 4.69) is 73.1 Å². The highest BCUT2D eigenvalue weighted by atomic mass is 16.5. The molecule has 0 fully saturated rings. The number of alkyl carbamates (subject to hydrolysis) is 1. The molecule has 6 aromatic carbocycles. The first kappa shape index (κ1) is 94.0. The number of aliphatic carboxylic acids is 1. The predicted octanol–water partition coefficient (Wildman–Crippen LogP) is 7.85. The molecule has 10 amide bonds. The number of fused-ring (bicyclic) bond motifs is 7. The summed E-state index contributed by atoms with van der Waals surface area (Å²) in [5.41, 5.74) is 33.5. The molecule has 0 spiro atoms. The van der Waals surface area contributed by atoms with Crippen molar-refractivity contribution in [2.45, 2.75) is 210 Å². The third-order valence-electron chi connectivity index (χ3n) is 24.1. The van der Waals surface area contributed by atoms with Crippen molar-refractivity contribution in [1.82, 2.24) is 73.1 Å². The van der Waals surface area contributed by atoms with Crippen molar-refractivity contribution in [1.29, 1.82) is 0 Å². The van der Waals surface area contributed by atoms with Crippen LogP contribution in [-0.2, 0) is 78.4 Å². The highest BCUT2D eigenvalue weighted by molar-refractivity contribution is 6.01. The molecule has 10 aromatic rings. The molecule has 0 saturated carbocycles. The van der Waals surface area contributed by atoms with Crippen molar-refractivity contribution in [3.8, 4) is 11.1 Å². The fourth-order valence-electron chi connectivity index (χ4n) is 16.5. The molecular weight excluding hydrogens is 1600 g/mol. The number of aromatic amines is 4. The van der Waals surface area contributed by atoms with Crippen molar-refractivity contribution in [3.05, 3.63) is 204 Å². The number of rotatable bonds is 50. The lowest BCUT2D eigenvalue weighted by molar-refractivity contribution is -0.144. The topological polar surface area (TPSA) is 505 Å². The number of unbranched alkanes of at least 4 members (excludes halogenated alkanes) is 4. The van der Waals surface area contributed by atoms with Gasteiger partial charge in [0, 0.05) is 100 Å². The standard InChI is InChI=1S/C95H122N18O13/c1-5-56(3)83(113-95(125)126-55-70-68-33-9-7-31-66(68)67-32-8-10-34-69(67)70)93(122)107-77(41-21-25-45-98)87(116)109-79(47-58-51-100-71-35-15-11-27-62(58)71)89(118)104-76(40-20-24-44-97)86(115)110-82(50-61-54-103-74-38-18-14-30-65(61)74)92(121)111-81(49-60-53-102-73-37-17-13-29-64(60)73)91(120)105-75(39-19-23-43-96)85(114)108-80(48-59-52-101-72-36-16-12-28-63(59)72)90(119)106-78(42-22-26-46-99)88(117)112-84(94(123)124)57(4)6-2/h7-18,27-38,51-54,56-57,70,75-84,100-103H,5-6,19-26,39-50,55,96-99H2,1-4H3,(H,104,118)(H,105,120)(H,106,119)(H,107,122)(H,108,114)(H,109,116)(H,110,115)(H,111,121)(H,112,117)(H,113,125)(H,123,124)/t56-,57-,75-,76-,77-,78-,79-,80-,81-,82-,83-,84-/m0/s1. The van der Waals surface area contributed by atoms with Gasteiger partial charge in [0.15, 0.2) is 0 Å². The van der Waals surface area contributed by atoms with Crippen molar-refractivity contribution >= 4 is 109 Å². The maximum absolute atomic E-state index is 15.9. The highest BCUT2D eigenvalue weighted by Crippen LogP contribution is 2.45. The molecule has 31 heteroatoms.